The fourth-order valence-corrected chi connectivity index (χ4v) is 2.95. The highest BCUT2D eigenvalue weighted by molar-refractivity contribution is 5.99. The van der Waals surface area contributed by atoms with E-state index >= 15 is 0 Å². The van der Waals surface area contributed by atoms with Crippen molar-refractivity contribution in [3.05, 3.63) is 35.1 Å². The van der Waals surface area contributed by atoms with E-state index in [2.05, 4.69) is 4.74 Å². The highest BCUT2D eigenvalue weighted by Crippen LogP contribution is 2.36. The van der Waals surface area contributed by atoms with Crippen molar-refractivity contribution < 1.29 is 37.4 Å². The van der Waals surface area contributed by atoms with Crippen molar-refractivity contribution in [3.8, 4) is 0 Å². The fraction of sp³-hybridized carbons (Fsp3) is 0.438. The summed E-state index contributed by atoms with van der Waals surface area (Å²) in [6.07, 6.45) is -2.37. The zero-order chi connectivity index (χ0) is 18.7. The number of likely N-dealkylation sites (tertiary alicyclic amines) is 1. The van der Waals surface area contributed by atoms with Gasteiger partial charge in [0.25, 0.3) is 0 Å². The van der Waals surface area contributed by atoms with Crippen LogP contribution in [0.25, 0.3) is 0 Å². The van der Waals surface area contributed by atoms with Gasteiger partial charge in [0.2, 0.25) is 0 Å². The monoisotopic (exact) mass is 359 g/mol. The lowest BCUT2D eigenvalue weighted by Gasteiger charge is -2.19. The van der Waals surface area contributed by atoms with Gasteiger partial charge in [0.15, 0.2) is 17.4 Å². The molecular weight excluding hydrogens is 343 g/mol. The van der Waals surface area contributed by atoms with Crippen LogP contribution in [0.4, 0.5) is 18.0 Å². The molecule has 2 rings (SSSR count). The van der Waals surface area contributed by atoms with E-state index in [9.17, 15) is 32.7 Å². The normalized spacial score (nSPS) is 19.8. The van der Waals surface area contributed by atoms with E-state index in [0.29, 0.717) is 11.0 Å². The minimum atomic E-state index is -1.47. The molecule has 0 bridgehead atoms. The van der Waals surface area contributed by atoms with E-state index in [1.165, 1.54) is 0 Å². The van der Waals surface area contributed by atoms with Crippen molar-refractivity contribution >= 4 is 17.8 Å². The number of Topliss-reactive ketones (excluding diaryl/α,β-unsaturated/α-hetero) is 1. The van der Waals surface area contributed by atoms with Gasteiger partial charge < -0.3 is 9.84 Å². The number of esters is 1. The molecule has 1 heterocycles. The lowest BCUT2D eigenvalue weighted by Crippen LogP contribution is -2.40. The molecule has 2 atom stereocenters. The summed E-state index contributed by atoms with van der Waals surface area (Å²) in [5.41, 5.74) is -0.599. The molecule has 1 unspecified atom stereocenters. The third-order valence-corrected chi connectivity index (χ3v) is 4.03. The largest absolute Gasteiger partial charge is 0.466 e. The maximum atomic E-state index is 13.9. The highest BCUT2D eigenvalue weighted by atomic mass is 19.2. The molecule has 1 aliphatic rings. The van der Waals surface area contributed by atoms with Crippen molar-refractivity contribution in [2.75, 3.05) is 13.2 Å². The smallest absolute Gasteiger partial charge is 0.407 e. The Morgan fingerprint density at radius 3 is 2.48 bits per heavy atom. The summed E-state index contributed by atoms with van der Waals surface area (Å²) in [6.45, 7) is 1.22. The third kappa shape index (κ3) is 3.92. The number of carbonyl (C=O) groups is 3. The molecule has 0 spiro atoms. The third-order valence-electron chi connectivity index (χ3n) is 4.03. The minimum absolute atomic E-state index is 0.0573. The Bertz CT molecular complexity index is 709. The van der Waals surface area contributed by atoms with Crippen molar-refractivity contribution in [2.45, 2.75) is 31.7 Å². The van der Waals surface area contributed by atoms with Crippen LogP contribution in [0.5, 0.6) is 0 Å². The van der Waals surface area contributed by atoms with Gasteiger partial charge in [0.1, 0.15) is 12.2 Å². The van der Waals surface area contributed by atoms with Gasteiger partial charge in [-0.25, -0.2) is 18.0 Å². The lowest BCUT2D eigenvalue weighted by atomic mass is 9.93. The van der Waals surface area contributed by atoms with Crippen LogP contribution in [-0.4, -0.2) is 47.0 Å². The Morgan fingerprint density at radius 2 is 1.88 bits per heavy atom. The molecule has 1 amide bonds. The molecule has 25 heavy (non-hydrogen) atoms. The summed E-state index contributed by atoms with van der Waals surface area (Å²) in [6, 6.07) is 0.114. The average molecular weight is 359 g/mol. The van der Waals surface area contributed by atoms with Gasteiger partial charge in [-0.15, -0.1) is 0 Å². The molecule has 0 saturated carbocycles. The molecule has 1 fully saturated rings. The number of benzene rings is 1. The van der Waals surface area contributed by atoms with Gasteiger partial charge in [-0.3, -0.25) is 14.5 Å². The molecule has 1 N–H and O–H groups in total. The van der Waals surface area contributed by atoms with Crippen LogP contribution in [0.1, 0.15) is 31.2 Å². The fourth-order valence-electron chi connectivity index (χ4n) is 2.95. The lowest BCUT2D eigenvalue weighted by molar-refractivity contribution is -0.146. The first kappa shape index (κ1) is 18.8. The van der Waals surface area contributed by atoms with Crippen LogP contribution >= 0.6 is 0 Å². The van der Waals surface area contributed by atoms with Crippen LogP contribution in [-0.2, 0) is 14.3 Å². The molecule has 0 aliphatic carbocycles. The molecule has 0 aromatic heterocycles. The van der Waals surface area contributed by atoms with E-state index in [1.54, 1.807) is 6.92 Å². The number of ether oxygens (including phenoxy) is 1. The number of carbonyl (C=O) groups excluding carboxylic acids is 2. The Morgan fingerprint density at radius 1 is 1.24 bits per heavy atom. The van der Waals surface area contributed by atoms with Crippen LogP contribution in [0.2, 0.25) is 0 Å². The Labute approximate surface area is 141 Å². The molecule has 0 radical (unpaired) electrons. The van der Waals surface area contributed by atoms with Gasteiger partial charge in [-0.1, -0.05) is 0 Å². The second-order valence-electron chi connectivity index (χ2n) is 5.59. The first-order valence-corrected chi connectivity index (χ1v) is 7.57. The Kier molecular flexibility index (Phi) is 5.66. The molecular formula is C16H16F3NO5. The van der Waals surface area contributed by atoms with Crippen LogP contribution < -0.4 is 0 Å². The zero-order valence-corrected chi connectivity index (χ0v) is 13.3. The van der Waals surface area contributed by atoms with Crippen LogP contribution in [0.15, 0.2) is 12.1 Å². The number of nitrogens with zero attached hydrogens (tertiary/aromatic N) is 1. The summed E-state index contributed by atoms with van der Waals surface area (Å²) >= 11 is 0. The quantitative estimate of drug-likeness (QED) is 0.496. The van der Waals surface area contributed by atoms with Crippen molar-refractivity contribution in [3.63, 3.8) is 0 Å². The summed E-state index contributed by atoms with van der Waals surface area (Å²) in [5, 5.41) is 9.22. The average Bonchev–Trinajstić information content (AvgIpc) is 2.97. The van der Waals surface area contributed by atoms with Crippen molar-refractivity contribution in [1.82, 2.24) is 4.90 Å². The maximum absolute atomic E-state index is 13.9. The Balaban J connectivity index is 2.26. The van der Waals surface area contributed by atoms with Gasteiger partial charge in [-0.05, 0) is 25.5 Å². The molecule has 136 valence electrons. The second kappa shape index (κ2) is 7.54. The molecule has 6 nitrogen and oxygen atoms in total. The number of rotatable bonds is 5. The number of hydrogen-bond donors (Lipinski definition) is 1. The molecule has 1 aliphatic heterocycles. The van der Waals surface area contributed by atoms with E-state index < -0.39 is 59.2 Å². The molecule has 1 aromatic rings. The first-order valence-electron chi connectivity index (χ1n) is 7.57. The highest BCUT2D eigenvalue weighted by Gasteiger charge is 2.42. The van der Waals surface area contributed by atoms with Gasteiger partial charge in [0, 0.05) is 18.0 Å². The number of amides is 1. The van der Waals surface area contributed by atoms with E-state index in [0.717, 1.165) is 6.07 Å². The molecule has 9 heteroatoms. The zero-order valence-electron chi connectivity index (χ0n) is 13.3. The maximum Gasteiger partial charge on any atom is 0.407 e. The van der Waals surface area contributed by atoms with Crippen molar-refractivity contribution in [1.29, 1.82) is 0 Å². The van der Waals surface area contributed by atoms with E-state index in [1.807, 2.05) is 0 Å². The standard InChI is InChI=1S/C16H16F3NO5/c1-2-25-13(22)6-12(21)11-5-8(7-20(11)16(23)24)14-9(17)3-4-10(18)15(14)19/h3-4,8,11H,2,5-7H2,1H3,(H,23,24)/t8-,11?/m1/s1. The van der Waals surface area contributed by atoms with Gasteiger partial charge >= 0.3 is 12.1 Å². The number of carboxylic acid groups (broad SMARTS) is 1. The summed E-state index contributed by atoms with van der Waals surface area (Å²) in [7, 11) is 0. The van der Waals surface area contributed by atoms with E-state index in [4.69, 9.17) is 0 Å². The first-order chi connectivity index (χ1) is 11.8. The SMILES string of the molecule is CCOC(=O)CC(=O)C1C[C@@H](c2c(F)ccc(F)c2F)CN1C(=O)O. The number of halogens is 3. The second-order valence-corrected chi connectivity index (χ2v) is 5.59. The summed E-state index contributed by atoms with van der Waals surface area (Å²) in [4.78, 5) is 35.6. The number of hydrogen-bond acceptors (Lipinski definition) is 4. The summed E-state index contributed by atoms with van der Waals surface area (Å²) < 4.78 is 45.9. The van der Waals surface area contributed by atoms with Crippen molar-refractivity contribution in [2.24, 2.45) is 0 Å². The van der Waals surface area contributed by atoms with Crippen LogP contribution in [0, 0.1) is 17.5 Å². The molecule has 1 aromatic carbocycles. The van der Waals surface area contributed by atoms with E-state index in [-0.39, 0.29) is 19.6 Å². The minimum Gasteiger partial charge on any atom is -0.466 e. The topological polar surface area (TPSA) is 83.9 Å². The van der Waals surface area contributed by atoms with Gasteiger partial charge in [-0.2, -0.15) is 0 Å². The van der Waals surface area contributed by atoms with Gasteiger partial charge in [0.05, 0.1) is 12.6 Å². The van der Waals surface area contributed by atoms with Crippen LogP contribution in [0.3, 0.4) is 0 Å². The number of ketones is 1. The summed E-state index contributed by atoms with van der Waals surface area (Å²) in [5.74, 6) is -6.28. The molecule has 1 saturated heterocycles. The Hall–Kier alpha value is -2.58. The predicted molar refractivity (Wildman–Crippen MR) is 78.4 cm³/mol. The predicted octanol–water partition coefficient (Wildman–Crippen LogP) is 2.46.